The third-order valence-electron chi connectivity index (χ3n) is 2.93. The van der Waals surface area contributed by atoms with Crippen LogP contribution in [0.1, 0.15) is 27.2 Å². The van der Waals surface area contributed by atoms with E-state index in [1.54, 1.807) is 7.11 Å². The molecule has 1 N–H and O–H groups in total. The summed E-state index contributed by atoms with van der Waals surface area (Å²) in [4.78, 5) is 4.30. The number of nitrogens with zero attached hydrogens (tertiary/aromatic N) is 2. The highest BCUT2D eigenvalue weighted by Gasteiger charge is 2.15. The van der Waals surface area contributed by atoms with Gasteiger partial charge >= 0.3 is 0 Å². The molecular weight excluding hydrogens is 202 g/mol. The Kier molecular flexibility index (Phi) is 4.80. The Morgan fingerprint density at radius 2 is 2.25 bits per heavy atom. The van der Waals surface area contributed by atoms with Crippen LogP contribution in [0.5, 0.6) is 0 Å². The molecule has 0 aliphatic carbocycles. The third kappa shape index (κ3) is 3.85. The molecular formula is C12H23N3O. The lowest BCUT2D eigenvalue weighted by Gasteiger charge is -2.23. The van der Waals surface area contributed by atoms with E-state index in [0.717, 1.165) is 25.5 Å². The molecule has 92 valence electrons. The van der Waals surface area contributed by atoms with Gasteiger partial charge in [-0.2, -0.15) is 0 Å². The van der Waals surface area contributed by atoms with Crippen molar-refractivity contribution in [2.45, 2.75) is 33.7 Å². The van der Waals surface area contributed by atoms with Gasteiger partial charge in [0, 0.05) is 32.6 Å². The van der Waals surface area contributed by atoms with Crippen molar-refractivity contribution < 1.29 is 4.74 Å². The van der Waals surface area contributed by atoms with Crippen LogP contribution < -0.4 is 5.32 Å². The van der Waals surface area contributed by atoms with E-state index < -0.39 is 0 Å². The molecule has 4 nitrogen and oxygen atoms in total. The summed E-state index contributed by atoms with van der Waals surface area (Å²) in [7, 11) is 1.71. The highest BCUT2D eigenvalue weighted by atomic mass is 16.5. The Hall–Kier alpha value is -1.03. The Labute approximate surface area is 98.0 Å². The monoisotopic (exact) mass is 225 g/mol. The summed E-state index contributed by atoms with van der Waals surface area (Å²) in [6.45, 7) is 9.20. The van der Waals surface area contributed by atoms with Crippen LogP contribution in [-0.2, 0) is 11.3 Å². The van der Waals surface area contributed by atoms with Crippen LogP contribution in [0.3, 0.4) is 0 Å². The van der Waals surface area contributed by atoms with E-state index in [1.165, 1.54) is 0 Å². The van der Waals surface area contributed by atoms with Crippen molar-refractivity contribution >= 4 is 5.95 Å². The van der Waals surface area contributed by atoms with E-state index in [-0.39, 0.29) is 0 Å². The molecule has 16 heavy (non-hydrogen) atoms. The molecule has 1 rings (SSSR count). The minimum atomic E-state index is 0.304. The smallest absolute Gasteiger partial charge is 0.202 e. The maximum Gasteiger partial charge on any atom is 0.202 e. The predicted octanol–water partition coefficient (Wildman–Crippen LogP) is 2.38. The zero-order valence-corrected chi connectivity index (χ0v) is 10.8. The normalized spacial score (nSPS) is 11.8. The first-order valence-corrected chi connectivity index (χ1v) is 5.83. The van der Waals surface area contributed by atoms with Crippen LogP contribution in [0.15, 0.2) is 12.4 Å². The van der Waals surface area contributed by atoms with E-state index in [4.69, 9.17) is 4.74 Å². The minimum Gasteiger partial charge on any atom is -0.383 e. The van der Waals surface area contributed by atoms with E-state index in [9.17, 15) is 0 Å². The van der Waals surface area contributed by atoms with Gasteiger partial charge in [-0.15, -0.1) is 0 Å². The second-order valence-corrected chi connectivity index (χ2v) is 4.81. The number of imidazole rings is 1. The zero-order chi connectivity index (χ0) is 12.0. The summed E-state index contributed by atoms with van der Waals surface area (Å²) in [5.74, 6) is 0.929. The molecule has 1 heterocycles. The van der Waals surface area contributed by atoms with Crippen LogP contribution in [0.25, 0.3) is 0 Å². The lowest BCUT2D eigenvalue weighted by molar-refractivity contribution is 0.187. The number of methoxy groups -OCH3 is 1. The molecule has 0 amide bonds. The SMILES string of the molecule is CCC(C)(C)CNc1nccn1CCOC. The number of aromatic nitrogens is 2. The molecule has 4 heteroatoms. The van der Waals surface area contributed by atoms with E-state index in [2.05, 4.69) is 35.6 Å². The summed E-state index contributed by atoms with van der Waals surface area (Å²) in [5, 5.41) is 3.39. The number of anilines is 1. The van der Waals surface area contributed by atoms with Gasteiger partial charge in [0.15, 0.2) is 0 Å². The van der Waals surface area contributed by atoms with Crippen molar-refractivity contribution in [3.63, 3.8) is 0 Å². The zero-order valence-electron chi connectivity index (χ0n) is 10.8. The number of nitrogens with one attached hydrogen (secondary N) is 1. The second-order valence-electron chi connectivity index (χ2n) is 4.81. The topological polar surface area (TPSA) is 39.1 Å². The third-order valence-corrected chi connectivity index (χ3v) is 2.93. The van der Waals surface area contributed by atoms with Crippen LogP contribution in [0, 0.1) is 5.41 Å². The molecule has 0 aliphatic rings. The first-order valence-electron chi connectivity index (χ1n) is 5.83. The highest BCUT2D eigenvalue weighted by molar-refractivity contribution is 5.26. The van der Waals surface area contributed by atoms with Gasteiger partial charge in [-0.05, 0) is 11.8 Å². The Morgan fingerprint density at radius 3 is 2.88 bits per heavy atom. The molecule has 0 bridgehead atoms. The van der Waals surface area contributed by atoms with Crippen molar-refractivity contribution in [2.24, 2.45) is 5.41 Å². The minimum absolute atomic E-state index is 0.304. The quantitative estimate of drug-likeness (QED) is 0.774. The molecule has 0 aromatic carbocycles. The average molecular weight is 225 g/mol. The van der Waals surface area contributed by atoms with Gasteiger partial charge in [0.1, 0.15) is 0 Å². The second kappa shape index (κ2) is 5.89. The molecule has 0 unspecified atom stereocenters. The van der Waals surface area contributed by atoms with E-state index in [1.807, 2.05) is 12.4 Å². The Balaban J connectivity index is 2.50. The van der Waals surface area contributed by atoms with Gasteiger partial charge < -0.3 is 14.6 Å². The van der Waals surface area contributed by atoms with Crippen molar-refractivity contribution in [3.8, 4) is 0 Å². The van der Waals surface area contributed by atoms with Crippen molar-refractivity contribution in [3.05, 3.63) is 12.4 Å². The fraction of sp³-hybridized carbons (Fsp3) is 0.750. The van der Waals surface area contributed by atoms with Crippen LogP contribution in [-0.4, -0.2) is 29.8 Å². The number of rotatable bonds is 7. The average Bonchev–Trinajstić information content (AvgIpc) is 2.71. The first-order chi connectivity index (χ1) is 7.59. The summed E-state index contributed by atoms with van der Waals surface area (Å²) in [6.07, 6.45) is 4.94. The lowest BCUT2D eigenvalue weighted by Crippen LogP contribution is -2.23. The summed E-state index contributed by atoms with van der Waals surface area (Å²) >= 11 is 0. The predicted molar refractivity (Wildman–Crippen MR) is 66.7 cm³/mol. The maximum absolute atomic E-state index is 5.06. The number of ether oxygens (including phenoxy) is 1. The highest BCUT2D eigenvalue weighted by Crippen LogP contribution is 2.19. The standard InChI is InChI=1S/C12H23N3O/c1-5-12(2,3)10-14-11-13-6-7-15(11)8-9-16-4/h6-7H,5,8-10H2,1-4H3,(H,13,14). The molecule has 0 saturated carbocycles. The van der Waals surface area contributed by atoms with Gasteiger partial charge in [0.2, 0.25) is 5.95 Å². The Morgan fingerprint density at radius 1 is 1.50 bits per heavy atom. The summed E-state index contributed by atoms with van der Waals surface area (Å²) < 4.78 is 7.14. The number of hydrogen-bond acceptors (Lipinski definition) is 3. The molecule has 0 saturated heterocycles. The fourth-order valence-electron chi connectivity index (χ4n) is 1.29. The van der Waals surface area contributed by atoms with Crippen molar-refractivity contribution in [1.82, 2.24) is 9.55 Å². The molecule has 0 radical (unpaired) electrons. The van der Waals surface area contributed by atoms with E-state index >= 15 is 0 Å². The summed E-state index contributed by atoms with van der Waals surface area (Å²) in [5.41, 5.74) is 0.304. The lowest BCUT2D eigenvalue weighted by atomic mass is 9.90. The fourth-order valence-corrected chi connectivity index (χ4v) is 1.29. The van der Waals surface area contributed by atoms with Gasteiger partial charge in [0.25, 0.3) is 0 Å². The molecule has 1 aromatic heterocycles. The molecule has 0 fully saturated rings. The van der Waals surface area contributed by atoms with Crippen molar-refractivity contribution in [2.75, 3.05) is 25.6 Å². The van der Waals surface area contributed by atoms with Crippen LogP contribution in [0.2, 0.25) is 0 Å². The number of hydrogen-bond donors (Lipinski definition) is 1. The molecule has 0 atom stereocenters. The molecule has 1 aromatic rings. The van der Waals surface area contributed by atoms with Gasteiger partial charge in [-0.3, -0.25) is 0 Å². The Bertz CT molecular complexity index is 307. The van der Waals surface area contributed by atoms with Gasteiger partial charge in [-0.25, -0.2) is 4.98 Å². The van der Waals surface area contributed by atoms with Crippen LogP contribution in [0.4, 0.5) is 5.95 Å². The van der Waals surface area contributed by atoms with Crippen LogP contribution >= 0.6 is 0 Å². The first kappa shape index (κ1) is 13.0. The van der Waals surface area contributed by atoms with Gasteiger partial charge in [-0.1, -0.05) is 20.8 Å². The maximum atomic E-state index is 5.06. The molecule has 0 spiro atoms. The van der Waals surface area contributed by atoms with Gasteiger partial charge in [0.05, 0.1) is 6.61 Å². The summed E-state index contributed by atoms with van der Waals surface area (Å²) in [6, 6.07) is 0. The van der Waals surface area contributed by atoms with Crippen molar-refractivity contribution in [1.29, 1.82) is 0 Å². The molecule has 0 aliphatic heterocycles. The van der Waals surface area contributed by atoms with E-state index in [0.29, 0.717) is 12.0 Å². The largest absolute Gasteiger partial charge is 0.383 e.